The van der Waals surface area contributed by atoms with Gasteiger partial charge in [-0.25, -0.2) is 13.6 Å². The summed E-state index contributed by atoms with van der Waals surface area (Å²) in [5.41, 5.74) is 7.35. The molecule has 2 aliphatic rings. The standard InChI is InChI=1S/C24H28F2N4O4/c1-16(31)2-7-20-15-30(24(32)34-20)19-12-21(25)23(22(26)13-19)28-8-9-29(33-11-10-28)14-17-3-5-18(27)6-4-17/h3-6,12-13,20H,2,7-11,14-15,27H2,1H3/t20-/m0/s1. The lowest BCUT2D eigenvalue weighted by Gasteiger charge is -2.24. The Labute approximate surface area is 196 Å². The smallest absolute Gasteiger partial charge is 0.414 e. The van der Waals surface area contributed by atoms with Crippen molar-refractivity contribution in [1.29, 1.82) is 0 Å². The molecule has 0 saturated carbocycles. The summed E-state index contributed by atoms with van der Waals surface area (Å²) in [5, 5.41) is 1.76. The van der Waals surface area contributed by atoms with Gasteiger partial charge < -0.3 is 20.2 Å². The van der Waals surface area contributed by atoms with Crippen molar-refractivity contribution >= 4 is 28.9 Å². The summed E-state index contributed by atoms with van der Waals surface area (Å²) in [6.07, 6.45) is -0.514. The molecule has 10 heteroatoms. The van der Waals surface area contributed by atoms with Gasteiger partial charge in [0, 0.05) is 50.4 Å². The van der Waals surface area contributed by atoms with E-state index in [9.17, 15) is 9.59 Å². The monoisotopic (exact) mass is 474 g/mol. The van der Waals surface area contributed by atoms with Crippen molar-refractivity contribution in [2.24, 2.45) is 0 Å². The Morgan fingerprint density at radius 1 is 1.12 bits per heavy atom. The van der Waals surface area contributed by atoms with Crippen molar-refractivity contribution < 1.29 is 27.9 Å². The molecule has 8 nitrogen and oxygen atoms in total. The van der Waals surface area contributed by atoms with E-state index < -0.39 is 23.8 Å². The first-order valence-corrected chi connectivity index (χ1v) is 11.2. The maximum Gasteiger partial charge on any atom is 0.414 e. The number of hydrogen-bond acceptors (Lipinski definition) is 7. The van der Waals surface area contributed by atoms with Crippen LogP contribution in [-0.4, -0.2) is 55.8 Å². The Bertz CT molecular complexity index is 1030. The number of cyclic esters (lactones) is 1. The van der Waals surface area contributed by atoms with Crippen LogP contribution in [0, 0.1) is 11.6 Å². The molecule has 0 unspecified atom stereocenters. The maximum atomic E-state index is 15.1. The lowest BCUT2D eigenvalue weighted by Crippen LogP contribution is -2.32. The van der Waals surface area contributed by atoms with E-state index >= 15 is 8.78 Å². The van der Waals surface area contributed by atoms with Crippen LogP contribution in [0.3, 0.4) is 0 Å². The molecule has 2 fully saturated rings. The molecule has 0 aromatic heterocycles. The average Bonchev–Trinajstić information content (AvgIpc) is 3.01. The molecule has 34 heavy (non-hydrogen) atoms. The minimum absolute atomic E-state index is 0.00981. The zero-order valence-corrected chi connectivity index (χ0v) is 19.0. The molecule has 0 aliphatic carbocycles. The summed E-state index contributed by atoms with van der Waals surface area (Å²) in [7, 11) is 0. The molecule has 1 amide bonds. The Hall–Kier alpha value is -3.24. The molecular formula is C24H28F2N4O4. The maximum absolute atomic E-state index is 15.1. The Morgan fingerprint density at radius 2 is 1.82 bits per heavy atom. The van der Waals surface area contributed by atoms with Gasteiger partial charge in [-0.1, -0.05) is 12.1 Å². The predicted octanol–water partition coefficient (Wildman–Crippen LogP) is 3.50. The first-order valence-electron chi connectivity index (χ1n) is 11.2. The SMILES string of the molecule is CC(=O)CC[C@H]1CN(c2cc(F)c(N3CCON(Cc4ccc(N)cc4)CC3)c(F)c2)C(=O)O1. The summed E-state index contributed by atoms with van der Waals surface area (Å²) in [5.74, 6) is -1.53. The number of halogens is 2. The largest absolute Gasteiger partial charge is 0.444 e. The number of rotatable bonds is 7. The highest BCUT2D eigenvalue weighted by molar-refractivity contribution is 5.90. The molecule has 0 spiro atoms. The third-order valence-corrected chi connectivity index (χ3v) is 5.92. The van der Waals surface area contributed by atoms with Crippen LogP contribution in [-0.2, 0) is 20.9 Å². The minimum atomic E-state index is -0.762. The Morgan fingerprint density at radius 3 is 2.50 bits per heavy atom. The average molecular weight is 475 g/mol. The number of hydrogen-bond donors (Lipinski definition) is 1. The number of amides is 1. The van der Waals surface area contributed by atoms with Gasteiger partial charge in [0.25, 0.3) is 0 Å². The minimum Gasteiger partial charge on any atom is -0.444 e. The number of benzene rings is 2. The van der Waals surface area contributed by atoms with Crippen molar-refractivity contribution in [3.63, 3.8) is 0 Å². The first kappa shape index (κ1) is 23.9. The van der Waals surface area contributed by atoms with Crippen LogP contribution in [0.15, 0.2) is 36.4 Å². The molecule has 4 rings (SSSR count). The third-order valence-electron chi connectivity index (χ3n) is 5.92. The third kappa shape index (κ3) is 5.63. The van der Waals surface area contributed by atoms with Gasteiger partial charge in [0.2, 0.25) is 0 Å². The predicted molar refractivity (Wildman–Crippen MR) is 123 cm³/mol. The molecule has 2 N–H and O–H groups in total. The molecule has 2 aromatic carbocycles. The number of Topliss-reactive ketones (excluding diaryl/α,β-unsaturated/α-hetero) is 1. The Balaban J connectivity index is 1.42. The fourth-order valence-electron chi connectivity index (χ4n) is 4.12. The Kier molecular flexibility index (Phi) is 7.28. The zero-order chi connectivity index (χ0) is 24.2. The number of nitrogen functional groups attached to an aromatic ring is 1. The van der Waals surface area contributed by atoms with Crippen LogP contribution in [0.25, 0.3) is 0 Å². The number of nitrogens with two attached hydrogens (primary N) is 1. The highest BCUT2D eigenvalue weighted by Gasteiger charge is 2.33. The van der Waals surface area contributed by atoms with Gasteiger partial charge in [-0.3, -0.25) is 9.74 Å². The quantitative estimate of drug-likeness (QED) is 0.615. The molecular weight excluding hydrogens is 446 g/mol. The van der Waals surface area contributed by atoms with Crippen molar-refractivity contribution in [2.45, 2.75) is 32.4 Å². The molecule has 0 bridgehead atoms. The van der Waals surface area contributed by atoms with Gasteiger partial charge in [-0.15, -0.1) is 0 Å². The number of ether oxygens (including phenoxy) is 1. The van der Waals surface area contributed by atoms with E-state index in [0.717, 1.165) is 17.7 Å². The highest BCUT2D eigenvalue weighted by atomic mass is 19.1. The molecule has 2 heterocycles. The number of nitrogens with zero attached hydrogens (tertiary/aromatic N) is 3. The van der Waals surface area contributed by atoms with Crippen LogP contribution in [0.4, 0.5) is 30.6 Å². The van der Waals surface area contributed by atoms with Gasteiger partial charge in [0.05, 0.1) is 18.8 Å². The number of hydroxylamine groups is 2. The summed E-state index contributed by atoms with van der Waals surface area (Å²) in [4.78, 5) is 32.0. The molecule has 2 aliphatic heterocycles. The number of carbonyl (C=O) groups excluding carboxylic acids is 2. The lowest BCUT2D eigenvalue weighted by atomic mass is 10.1. The van der Waals surface area contributed by atoms with Crippen LogP contribution >= 0.6 is 0 Å². The van der Waals surface area contributed by atoms with Gasteiger partial charge in [-0.05, 0) is 31.0 Å². The van der Waals surface area contributed by atoms with E-state index in [4.69, 9.17) is 15.3 Å². The topological polar surface area (TPSA) is 88.3 Å². The van der Waals surface area contributed by atoms with E-state index in [0.29, 0.717) is 38.3 Å². The van der Waals surface area contributed by atoms with Gasteiger partial charge >= 0.3 is 6.09 Å². The van der Waals surface area contributed by atoms with Gasteiger partial charge in [-0.2, -0.15) is 5.06 Å². The molecule has 2 saturated heterocycles. The van der Waals surface area contributed by atoms with E-state index in [1.54, 1.807) is 9.96 Å². The zero-order valence-electron chi connectivity index (χ0n) is 19.0. The highest BCUT2D eigenvalue weighted by Crippen LogP contribution is 2.32. The molecule has 182 valence electrons. The van der Waals surface area contributed by atoms with Gasteiger partial charge in [0.15, 0.2) is 11.6 Å². The van der Waals surface area contributed by atoms with Crippen LogP contribution in [0.2, 0.25) is 0 Å². The van der Waals surface area contributed by atoms with E-state index in [-0.39, 0.29) is 36.7 Å². The van der Waals surface area contributed by atoms with E-state index in [2.05, 4.69) is 0 Å². The van der Waals surface area contributed by atoms with Crippen LogP contribution in [0.1, 0.15) is 25.3 Å². The second-order valence-electron chi connectivity index (χ2n) is 8.54. The summed E-state index contributed by atoms with van der Waals surface area (Å²) in [6, 6.07) is 9.73. The number of anilines is 3. The molecule has 2 aromatic rings. The van der Waals surface area contributed by atoms with Crippen molar-refractivity contribution in [3.05, 3.63) is 53.6 Å². The van der Waals surface area contributed by atoms with Crippen LogP contribution in [0.5, 0.6) is 0 Å². The van der Waals surface area contributed by atoms with Crippen molar-refractivity contribution in [3.8, 4) is 0 Å². The lowest BCUT2D eigenvalue weighted by molar-refractivity contribution is -0.154. The van der Waals surface area contributed by atoms with Crippen LogP contribution < -0.4 is 15.5 Å². The molecule has 1 atom stereocenters. The second kappa shape index (κ2) is 10.4. The fourth-order valence-corrected chi connectivity index (χ4v) is 4.12. The summed E-state index contributed by atoms with van der Waals surface area (Å²) < 4.78 is 35.4. The van der Waals surface area contributed by atoms with E-state index in [1.807, 2.05) is 24.3 Å². The fraction of sp³-hybridized carbons (Fsp3) is 0.417. The van der Waals surface area contributed by atoms with Gasteiger partial charge in [0.1, 0.15) is 17.6 Å². The van der Waals surface area contributed by atoms with Crippen molar-refractivity contribution in [2.75, 3.05) is 48.3 Å². The number of carbonyl (C=O) groups is 2. The van der Waals surface area contributed by atoms with E-state index in [1.165, 1.54) is 11.8 Å². The normalized spacial score (nSPS) is 19.3. The summed E-state index contributed by atoms with van der Waals surface area (Å²) in [6.45, 7) is 3.52. The second-order valence-corrected chi connectivity index (χ2v) is 8.54. The summed E-state index contributed by atoms with van der Waals surface area (Å²) >= 11 is 0. The first-order chi connectivity index (χ1) is 16.3. The van der Waals surface area contributed by atoms with Crippen molar-refractivity contribution in [1.82, 2.24) is 5.06 Å². The molecule has 0 radical (unpaired) electrons. The number of ketones is 1.